The number of benzene rings is 1. The standard InChI is InChI=1S/C23H21N3O5/c1-14-18-5-4-16(29-3)11-21(18)30-23(28)19(14)12-22(27)26(2)13-17-10-20(25-31-17)15-6-8-24-9-7-15/h4-11H,12-13H2,1-3H3. The van der Waals surface area contributed by atoms with E-state index < -0.39 is 5.63 Å². The number of carbonyl (C=O) groups is 1. The minimum absolute atomic E-state index is 0.0714. The molecular formula is C23H21N3O5. The van der Waals surface area contributed by atoms with Gasteiger partial charge < -0.3 is 18.6 Å². The van der Waals surface area contributed by atoms with Crippen molar-refractivity contribution in [3.8, 4) is 17.0 Å². The number of fused-ring (bicyclic) bond motifs is 1. The van der Waals surface area contributed by atoms with Crippen LogP contribution < -0.4 is 10.4 Å². The summed E-state index contributed by atoms with van der Waals surface area (Å²) in [6, 6.07) is 10.7. The molecule has 0 aliphatic heterocycles. The zero-order chi connectivity index (χ0) is 22.0. The van der Waals surface area contributed by atoms with Crippen LogP contribution in [-0.4, -0.2) is 35.1 Å². The number of ether oxygens (including phenoxy) is 1. The second-order valence-corrected chi connectivity index (χ2v) is 7.20. The van der Waals surface area contributed by atoms with Gasteiger partial charge in [0.25, 0.3) is 0 Å². The summed E-state index contributed by atoms with van der Waals surface area (Å²) in [6.07, 6.45) is 3.28. The van der Waals surface area contributed by atoms with Crippen molar-refractivity contribution in [1.82, 2.24) is 15.0 Å². The highest BCUT2D eigenvalue weighted by atomic mass is 16.5. The first-order valence-electron chi connectivity index (χ1n) is 9.66. The molecule has 8 heteroatoms. The molecule has 4 rings (SSSR count). The zero-order valence-corrected chi connectivity index (χ0v) is 17.4. The number of hydrogen-bond acceptors (Lipinski definition) is 7. The van der Waals surface area contributed by atoms with Gasteiger partial charge in [0.05, 0.1) is 25.6 Å². The number of amides is 1. The summed E-state index contributed by atoms with van der Waals surface area (Å²) in [5.74, 6) is 0.902. The van der Waals surface area contributed by atoms with Crippen molar-refractivity contribution < 1.29 is 18.5 Å². The summed E-state index contributed by atoms with van der Waals surface area (Å²) >= 11 is 0. The molecule has 0 aliphatic carbocycles. The van der Waals surface area contributed by atoms with E-state index in [0.29, 0.717) is 28.4 Å². The third kappa shape index (κ3) is 4.18. The number of aryl methyl sites for hydroxylation is 1. The molecule has 4 aromatic rings. The molecule has 1 aromatic carbocycles. The molecule has 0 unspecified atom stereocenters. The zero-order valence-electron chi connectivity index (χ0n) is 17.4. The molecule has 0 fully saturated rings. The average Bonchev–Trinajstić information content (AvgIpc) is 3.25. The lowest BCUT2D eigenvalue weighted by molar-refractivity contribution is -0.130. The molecular weight excluding hydrogens is 398 g/mol. The molecule has 0 atom stereocenters. The van der Waals surface area contributed by atoms with Crippen molar-refractivity contribution in [3.63, 3.8) is 0 Å². The number of nitrogens with zero attached hydrogens (tertiary/aromatic N) is 3. The number of aromatic nitrogens is 2. The van der Waals surface area contributed by atoms with Crippen LogP contribution in [0.15, 0.2) is 62.5 Å². The smallest absolute Gasteiger partial charge is 0.340 e. The second-order valence-electron chi connectivity index (χ2n) is 7.20. The van der Waals surface area contributed by atoms with Gasteiger partial charge in [0.15, 0.2) is 5.76 Å². The van der Waals surface area contributed by atoms with Gasteiger partial charge in [-0.3, -0.25) is 9.78 Å². The normalized spacial score (nSPS) is 10.9. The highest BCUT2D eigenvalue weighted by Crippen LogP contribution is 2.24. The first-order chi connectivity index (χ1) is 15.0. The molecule has 8 nitrogen and oxygen atoms in total. The van der Waals surface area contributed by atoms with E-state index in [-0.39, 0.29) is 18.9 Å². The molecule has 0 N–H and O–H groups in total. The number of likely N-dealkylation sites (N-methyl/N-ethyl adjacent to an activating group) is 1. The van der Waals surface area contributed by atoms with Crippen molar-refractivity contribution in [1.29, 1.82) is 0 Å². The van der Waals surface area contributed by atoms with Crippen LogP contribution in [0.4, 0.5) is 0 Å². The Balaban J connectivity index is 1.51. The van der Waals surface area contributed by atoms with Crippen molar-refractivity contribution >= 4 is 16.9 Å². The van der Waals surface area contributed by atoms with Crippen LogP contribution in [-0.2, 0) is 17.8 Å². The summed E-state index contributed by atoms with van der Waals surface area (Å²) in [4.78, 5) is 30.8. The van der Waals surface area contributed by atoms with Crippen molar-refractivity contribution in [2.45, 2.75) is 19.9 Å². The Hall–Kier alpha value is -3.94. The molecule has 0 saturated heterocycles. The first-order valence-corrected chi connectivity index (χ1v) is 9.66. The molecule has 0 bridgehead atoms. The molecule has 0 radical (unpaired) electrons. The fraction of sp³-hybridized carbons (Fsp3) is 0.217. The van der Waals surface area contributed by atoms with E-state index in [1.54, 1.807) is 44.8 Å². The second kappa shape index (κ2) is 8.43. The van der Waals surface area contributed by atoms with Crippen LogP contribution in [0.5, 0.6) is 5.75 Å². The van der Waals surface area contributed by atoms with E-state index in [1.807, 2.05) is 25.1 Å². The molecule has 1 amide bonds. The molecule has 31 heavy (non-hydrogen) atoms. The highest BCUT2D eigenvalue weighted by molar-refractivity contribution is 5.85. The molecule has 0 spiro atoms. The quantitative estimate of drug-likeness (QED) is 0.442. The van der Waals surface area contributed by atoms with Crippen molar-refractivity contribution in [3.05, 3.63) is 76.1 Å². The van der Waals surface area contributed by atoms with Crippen LogP contribution in [0.2, 0.25) is 0 Å². The Bertz CT molecular complexity index is 1290. The number of hydrogen-bond donors (Lipinski definition) is 0. The summed E-state index contributed by atoms with van der Waals surface area (Å²) < 4.78 is 16.0. The van der Waals surface area contributed by atoms with E-state index in [1.165, 1.54) is 4.90 Å². The van der Waals surface area contributed by atoms with Gasteiger partial charge >= 0.3 is 5.63 Å². The van der Waals surface area contributed by atoms with Crippen LogP contribution in [0.1, 0.15) is 16.9 Å². The van der Waals surface area contributed by atoms with Crippen LogP contribution in [0.25, 0.3) is 22.2 Å². The van der Waals surface area contributed by atoms with E-state index in [9.17, 15) is 9.59 Å². The van der Waals surface area contributed by atoms with Gasteiger partial charge in [0, 0.05) is 42.5 Å². The third-order valence-corrected chi connectivity index (χ3v) is 5.18. The Morgan fingerprint density at radius 1 is 1.16 bits per heavy atom. The fourth-order valence-electron chi connectivity index (χ4n) is 3.36. The minimum atomic E-state index is -0.528. The summed E-state index contributed by atoms with van der Waals surface area (Å²) in [7, 11) is 3.20. The molecule has 3 heterocycles. The maximum Gasteiger partial charge on any atom is 0.340 e. The number of rotatable bonds is 6. The predicted molar refractivity (Wildman–Crippen MR) is 114 cm³/mol. The first kappa shape index (κ1) is 20.3. The number of carbonyl (C=O) groups excluding carboxylic acids is 1. The lowest BCUT2D eigenvalue weighted by atomic mass is 10.0. The van der Waals surface area contributed by atoms with Gasteiger partial charge in [0.2, 0.25) is 5.91 Å². The van der Waals surface area contributed by atoms with Gasteiger partial charge in [-0.25, -0.2) is 4.79 Å². The maximum atomic E-state index is 12.8. The lowest BCUT2D eigenvalue weighted by Crippen LogP contribution is -2.29. The van der Waals surface area contributed by atoms with Gasteiger partial charge in [-0.15, -0.1) is 0 Å². The van der Waals surface area contributed by atoms with Gasteiger partial charge in [0.1, 0.15) is 17.0 Å². The maximum absolute atomic E-state index is 12.8. The molecule has 158 valence electrons. The average molecular weight is 419 g/mol. The monoisotopic (exact) mass is 419 g/mol. The SMILES string of the molecule is COc1ccc2c(C)c(CC(=O)N(C)Cc3cc(-c4ccncc4)no3)c(=O)oc2c1. The number of pyridine rings is 1. The Morgan fingerprint density at radius 2 is 1.94 bits per heavy atom. The van der Waals surface area contributed by atoms with Crippen LogP contribution >= 0.6 is 0 Å². The van der Waals surface area contributed by atoms with E-state index >= 15 is 0 Å². The van der Waals surface area contributed by atoms with Crippen molar-refractivity contribution in [2.75, 3.05) is 14.2 Å². The van der Waals surface area contributed by atoms with Crippen LogP contribution in [0, 0.1) is 6.92 Å². The largest absolute Gasteiger partial charge is 0.497 e. The highest BCUT2D eigenvalue weighted by Gasteiger charge is 2.19. The fourth-order valence-corrected chi connectivity index (χ4v) is 3.36. The Morgan fingerprint density at radius 3 is 2.68 bits per heavy atom. The predicted octanol–water partition coefficient (Wildman–Crippen LogP) is 3.36. The molecule has 0 saturated carbocycles. The van der Waals surface area contributed by atoms with E-state index in [4.69, 9.17) is 13.7 Å². The summed E-state index contributed by atoms with van der Waals surface area (Å²) in [5, 5.41) is 4.81. The molecule has 0 aliphatic rings. The molecule has 3 aromatic heterocycles. The van der Waals surface area contributed by atoms with Crippen LogP contribution in [0.3, 0.4) is 0 Å². The minimum Gasteiger partial charge on any atom is -0.497 e. The van der Waals surface area contributed by atoms with Gasteiger partial charge in [-0.05, 0) is 36.8 Å². The Labute approximate surface area is 178 Å². The lowest BCUT2D eigenvalue weighted by Gasteiger charge is -2.16. The van der Waals surface area contributed by atoms with E-state index in [2.05, 4.69) is 10.1 Å². The number of methoxy groups -OCH3 is 1. The van der Waals surface area contributed by atoms with Gasteiger partial charge in [-0.1, -0.05) is 5.16 Å². The topological polar surface area (TPSA) is 98.7 Å². The van der Waals surface area contributed by atoms with Gasteiger partial charge in [-0.2, -0.15) is 0 Å². The third-order valence-electron chi connectivity index (χ3n) is 5.18. The van der Waals surface area contributed by atoms with Crippen molar-refractivity contribution in [2.24, 2.45) is 0 Å². The summed E-state index contributed by atoms with van der Waals surface area (Å²) in [6.45, 7) is 2.04. The van der Waals surface area contributed by atoms with E-state index in [0.717, 1.165) is 16.5 Å². The summed E-state index contributed by atoms with van der Waals surface area (Å²) in [5.41, 5.74) is 2.50. The Kier molecular flexibility index (Phi) is 5.53.